The van der Waals surface area contributed by atoms with E-state index >= 15 is 0 Å². The van der Waals surface area contributed by atoms with Crippen LogP contribution in [-0.4, -0.2) is 25.0 Å². The van der Waals surface area contributed by atoms with E-state index in [4.69, 9.17) is 5.73 Å². The van der Waals surface area contributed by atoms with Crippen LogP contribution in [-0.2, 0) is 7.05 Å². The Morgan fingerprint density at radius 1 is 1.43 bits per heavy atom. The number of nitrogens with two attached hydrogens (primary N) is 1. The molecule has 0 spiro atoms. The maximum Gasteiger partial charge on any atom is 0.157 e. The number of anilines is 1. The van der Waals surface area contributed by atoms with E-state index in [1.165, 1.54) is 6.33 Å². The van der Waals surface area contributed by atoms with E-state index < -0.39 is 0 Å². The van der Waals surface area contributed by atoms with Gasteiger partial charge in [-0.3, -0.25) is 0 Å². The first-order chi connectivity index (χ1) is 6.68. The molecule has 2 aromatic heterocycles. The van der Waals surface area contributed by atoms with Gasteiger partial charge in [0.2, 0.25) is 0 Å². The van der Waals surface area contributed by atoms with E-state index in [1.54, 1.807) is 17.8 Å². The molecule has 0 saturated carbocycles. The van der Waals surface area contributed by atoms with Gasteiger partial charge in [-0.1, -0.05) is 5.21 Å². The summed E-state index contributed by atoms with van der Waals surface area (Å²) in [5.41, 5.74) is 7.02. The van der Waals surface area contributed by atoms with Gasteiger partial charge in [-0.15, -0.1) is 5.10 Å². The Kier molecular flexibility index (Phi) is 2.16. The molecule has 2 heterocycles. The quantitative estimate of drug-likeness (QED) is 0.807. The van der Waals surface area contributed by atoms with E-state index in [9.17, 15) is 0 Å². The van der Waals surface area contributed by atoms with Crippen molar-refractivity contribution in [1.29, 1.82) is 0 Å². The van der Waals surface area contributed by atoms with Gasteiger partial charge in [-0.2, -0.15) is 0 Å². The zero-order valence-corrected chi connectivity index (χ0v) is 8.93. The van der Waals surface area contributed by atoms with Crippen LogP contribution in [0.3, 0.4) is 0 Å². The van der Waals surface area contributed by atoms with Crippen LogP contribution in [0.15, 0.2) is 17.0 Å². The molecule has 0 aliphatic heterocycles. The second-order valence-electron chi connectivity index (χ2n) is 2.68. The molecule has 7 heteroatoms. The molecule has 2 rings (SSSR count). The molecular weight excluding hydrogens is 248 g/mol. The average Bonchev–Trinajstić information content (AvgIpc) is 2.46. The Morgan fingerprint density at radius 2 is 2.21 bits per heavy atom. The highest BCUT2D eigenvalue weighted by atomic mass is 79.9. The standard InChI is InChI=1S/C7H7BrN6/c1-14-6(7(8)12-13-14)4-2-5(9)11-3-10-4/h2-3H,1H3,(H2,9,10,11). The first kappa shape index (κ1) is 9.07. The molecule has 0 bridgehead atoms. The van der Waals surface area contributed by atoms with E-state index in [0.29, 0.717) is 16.1 Å². The van der Waals surface area contributed by atoms with Gasteiger partial charge in [-0.05, 0) is 15.9 Å². The summed E-state index contributed by atoms with van der Waals surface area (Å²) in [5, 5.41) is 7.69. The first-order valence-corrected chi connectivity index (χ1v) is 4.61. The second-order valence-corrected chi connectivity index (χ2v) is 3.43. The number of aromatic nitrogens is 5. The molecule has 2 N–H and O–H groups in total. The maximum atomic E-state index is 5.55. The molecule has 14 heavy (non-hydrogen) atoms. The van der Waals surface area contributed by atoms with Crippen LogP contribution in [0.5, 0.6) is 0 Å². The number of hydrogen-bond acceptors (Lipinski definition) is 5. The van der Waals surface area contributed by atoms with Crippen LogP contribution >= 0.6 is 15.9 Å². The number of nitrogens with zero attached hydrogens (tertiary/aromatic N) is 5. The molecule has 0 fully saturated rings. The summed E-state index contributed by atoms with van der Waals surface area (Å²) in [6.07, 6.45) is 1.41. The van der Waals surface area contributed by atoms with Crippen molar-refractivity contribution in [3.8, 4) is 11.4 Å². The number of nitrogen functional groups attached to an aromatic ring is 1. The minimum Gasteiger partial charge on any atom is -0.384 e. The number of halogens is 1. The molecule has 72 valence electrons. The molecule has 0 aromatic carbocycles. The van der Waals surface area contributed by atoms with Crippen LogP contribution in [0.25, 0.3) is 11.4 Å². The Hall–Kier alpha value is -1.50. The third-order valence-corrected chi connectivity index (χ3v) is 2.25. The fourth-order valence-corrected chi connectivity index (χ4v) is 1.64. The summed E-state index contributed by atoms with van der Waals surface area (Å²) in [7, 11) is 1.78. The third kappa shape index (κ3) is 1.46. The van der Waals surface area contributed by atoms with Crippen molar-refractivity contribution in [3.05, 3.63) is 17.0 Å². The SMILES string of the molecule is Cn1nnc(Br)c1-c1cc(N)ncn1. The highest BCUT2D eigenvalue weighted by molar-refractivity contribution is 9.10. The lowest BCUT2D eigenvalue weighted by Crippen LogP contribution is -1.98. The van der Waals surface area contributed by atoms with Gasteiger partial charge >= 0.3 is 0 Å². The van der Waals surface area contributed by atoms with Crippen LogP contribution in [0.2, 0.25) is 0 Å². The van der Waals surface area contributed by atoms with Crippen LogP contribution in [0.1, 0.15) is 0 Å². The van der Waals surface area contributed by atoms with Gasteiger partial charge in [0.1, 0.15) is 17.8 Å². The van der Waals surface area contributed by atoms with E-state index in [-0.39, 0.29) is 0 Å². The van der Waals surface area contributed by atoms with Crippen molar-refractivity contribution in [3.63, 3.8) is 0 Å². The molecule has 0 aliphatic carbocycles. The van der Waals surface area contributed by atoms with Crippen molar-refractivity contribution in [1.82, 2.24) is 25.0 Å². The minimum absolute atomic E-state index is 0.420. The fourth-order valence-electron chi connectivity index (χ4n) is 1.11. The molecule has 0 amide bonds. The minimum atomic E-state index is 0.420. The van der Waals surface area contributed by atoms with E-state index in [1.807, 2.05) is 0 Å². The Morgan fingerprint density at radius 3 is 2.79 bits per heavy atom. The van der Waals surface area contributed by atoms with Gasteiger partial charge in [0.05, 0.1) is 5.69 Å². The average molecular weight is 255 g/mol. The van der Waals surface area contributed by atoms with E-state index in [0.717, 1.165) is 5.69 Å². The lowest BCUT2D eigenvalue weighted by Gasteiger charge is -2.00. The summed E-state index contributed by atoms with van der Waals surface area (Å²) in [6, 6.07) is 1.67. The van der Waals surface area contributed by atoms with Gasteiger partial charge in [0.25, 0.3) is 0 Å². The third-order valence-electron chi connectivity index (χ3n) is 1.72. The van der Waals surface area contributed by atoms with Crippen LogP contribution < -0.4 is 5.73 Å². The van der Waals surface area contributed by atoms with Crippen molar-refractivity contribution < 1.29 is 0 Å². The number of aryl methyl sites for hydroxylation is 1. The molecule has 0 aliphatic rings. The predicted molar refractivity (Wildman–Crippen MR) is 54.1 cm³/mol. The topological polar surface area (TPSA) is 82.5 Å². The summed E-state index contributed by atoms with van der Waals surface area (Å²) in [4.78, 5) is 7.89. The normalized spacial score (nSPS) is 10.4. The van der Waals surface area contributed by atoms with Gasteiger partial charge in [0, 0.05) is 13.1 Å². The largest absolute Gasteiger partial charge is 0.384 e. The molecular formula is C7H7BrN6. The fraction of sp³-hybridized carbons (Fsp3) is 0.143. The zero-order valence-electron chi connectivity index (χ0n) is 7.35. The molecule has 0 radical (unpaired) electrons. The highest BCUT2D eigenvalue weighted by Crippen LogP contribution is 2.23. The summed E-state index contributed by atoms with van der Waals surface area (Å²) in [6.45, 7) is 0. The summed E-state index contributed by atoms with van der Waals surface area (Å²) < 4.78 is 2.25. The molecule has 6 nitrogen and oxygen atoms in total. The van der Waals surface area contributed by atoms with E-state index in [2.05, 4.69) is 36.2 Å². The zero-order chi connectivity index (χ0) is 10.1. The Labute approximate surface area is 88.3 Å². The number of hydrogen-bond donors (Lipinski definition) is 1. The van der Waals surface area contributed by atoms with Crippen molar-refractivity contribution >= 4 is 21.7 Å². The molecule has 2 aromatic rings. The van der Waals surface area contributed by atoms with Gasteiger partial charge in [-0.25, -0.2) is 14.6 Å². The van der Waals surface area contributed by atoms with Gasteiger partial charge in [0.15, 0.2) is 4.60 Å². The van der Waals surface area contributed by atoms with Crippen LogP contribution in [0.4, 0.5) is 5.82 Å². The predicted octanol–water partition coefficient (Wildman–Crippen LogP) is 0.617. The molecule has 0 unspecified atom stereocenters. The number of rotatable bonds is 1. The Bertz CT molecular complexity index is 445. The molecule has 0 atom stereocenters. The van der Waals surface area contributed by atoms with Crippen molar-refractivity contribution in [2.24, 2.45) is 7.05 Å². The maximum absolute atomic E-state index is 5.55. The second kappa shape index (κ2) is 3.33. The summed E-state index contributed by atoms with van der Waals surface area (Å²) >= 11 is 3.28. The monoisotopic (exact) mass is 254 g/mol. The van der Waals surface area contributed by atoms with Crippen LogP contribution in [0, 0.1) is 0 Å². The lowest BCUT2D eigenvalue weighted by molar-refractivity contribution is 0.718. The lowest BCUT2D eigenvalue weighted by atomic mass is 10.3. The van der Waals surface area contributed by atoms with Crippen molar-refractivity contribution in [2.45, 2.75) is 0 Å². The Balaban J connectivity index is 2.59. The first-order valence-electron chi connectivity index (χ1n) is 3.81. The highest BCUT2D eigenvalue weighted by Gasteiger charge is 2.11. The van der Waals surface area contributed by atoms with Gasteiger partial charge < -0.3 is 5.73 Å². The van der Waals surface area contributed by atoms with Crippen molar-refractivity contribution in [2.75, 3.05) is 5.73 Å². The summed E-state index contributed by atoms with van der Waals surface area (Å²) in [5.74, 6) is 0.420. The smallest absolute Gasteiger partial charge is 0.157 e. The molecule has 0 saturated heterocycles.